The Balaban J connectivity index is 1.86. The molecule has 0 aliphatic heterocycles. The van der Waals surface area contributed by atoms with Crippen molar-refractivity contribution in [2.75, 3.05) is 7.05 Å². The predicted molar refractivity (Wildman–Crippen MR) is 127 cm³/mol. The number of halogens is 4. The van der Waals surface area contributed by atoms with E-state index in [2.05, 4.69) is 37.1 Å². The summed E-state index contributed by atoms with van der Waals surface area (Å²) in [5.41, 5.74) is 2.97. The second kappa shape index (κ2) is 10.5. The first-order chi connectivity index (χ1) is 15.6. The number of thiophene rings is 1. The molecule has 0 radical (unpaired) electrons. The summed E-state index contributed by atoms with van der Waals surface area (Å²) >= 11 is 1.70. The number of likely N-dealkylation sites (N-methyl/N-ethyl adjacent to an activating group) is 1. The molecule has 2 N–H and O–H groups in total. The van der Waals surface area contributed by atoms with Gasteiger partial charge in [-0.15, -0.1) is 11.3 Å². The van der Waals surface area contributed by atoms with Gasteiger partial charge in [-0.05, 0) is 73.7 Å². The highest BCUT2D eigenvalue weighted by Crippen LogP contribution is 2.34. The molecule has 2 aromatic carbocycles. The second-order valence-electron chi connectivity index (χ2n) is 8.12. The number of nitrogens with one attached hydrogen (secondary N) is 2. The lowest BCUT2D eigenvalue weighted by Gasteiger charge is -2.28. The Bertz CT molecular complexity index is 1070. The molecule has 33 heavy (non-hydrogen) atoms. The summed E-state index contributed by atoms with van der Waals surface area (Å²) in [6, 6.07) is 13.4. The summed E-state index contributed by atoms with van der Waals surface area (Å²) in [5, 5.41) is 6.76. The van der Waals surface area contributed by atoms with E-state index in [1.54, 1.807) is 30.5 Å². The zero-order valence-electron chi connectivity index (χ0n) is 18.9. The zero-order chi connectivity index (χ0) is 24.2. The molecule has 2 nitrogen and oxygen atoms in total. The third-order valence-corrected chi connectivity index (χ3v) is 6.91. The number of hydrogen-bond acceptors (Lipinski definition) is 3. The molecule has 1 heterocycles. The van der Waals surface area contributed by atoms with E-state index in [-0.39, 0.29) is 17.9 Å². The largest absolute Gasteiger partial charge is 0.416 e. The normalized spacial score (nSPS) is 13.5. The molecule has 0 amide bonds. The van der Waals surface area contributed by atoms with Crippen LogP contribution in [0, 0.1) is 19.7 Å². The van der Waals surface area contributed by atoms with Gasteiger partial charge < -0.3 is 5.32 Å². The minimum Gasteiger partial charge on any atom is -0.390 e. The van der Waals surface area contributed by atoms with Gasteiger partial charge in [-0.2, -0.15) is 13.2 Å². The maximum Gasteiger partial charge on any atom is 0.416 e. The van der Waals surface area contributed by atoms with Crippen LogP contribution in [0.25, 0.3) is 0 Å². The Morgan fingerprint density at radius 2 is 1.67 bits per heavy atom. The van der Waals surface area contributed by atoms with Crippen LogP contribution < -0.4 is 10.6 Å². The molecule has 0 spiro atoms. The minimum absolute atomic E-state index is 0.0638. The van der Waals surface area contributed by atoms with Crippen LogP contribution in [0.5, 0.6) is 0 Å². The molecule has 0 aliphatic rings. The van der Waals surface area contributed by atoms with Gasteiger partial charge in [0, 0.05) is 28.5 Å². The van der Waals surface area contributed by atoms with E-state index < -0.39 is 11.7 Å². The van der Waals surface area contributed by atoms with Gasteiger partial charge in [0.1, 0.15) is 5.82 Å². The van der Waals surface area contributed by atoms with E-state index in [1.165, 1.54) is 34.0 Å². The summed E-state index contributed by atoms with van der Waals surface area (Å²) in [6.45, 7) is 8.24. The Morgan fingerprint density at radius 1 is 1.03 bits per heavy atom. The maximum atomic E-state index is 13.5. The highest BCUT2D eigenvalue weighted by atomic mass is 32.1. The zero-order valence-corrected chi connectivity index (χ0v) is 19.7. The molecule has 0 aliphatic carbocycles. The van der Waals surface area contributed by atoms with Crippen molar-refractivity contribution in [2.24, 2.45) is 0 Å². The van der Waals surface area contributed by atoms with Crippen molar-refractivity contribution < 1.29 is 17.6 Å². The lowest BCUT2D eigenvalue weighted by Crippen LogP contribution is -2.31. The highest BCUT2D eigenvalue weighted by Gasteiger charge is 2.30. The fraction of sp³-hybridized carbons (Fsp3) is 0.308. The van der Waals surface area contributed by atoms with Gasteiger partial charge in [-0.3, -0.25) is 5.32 Å². The van der Waals surface area contributed by atoms with Gasteiger partial charge in [0.2, 0.25) is 0 Å². The summed E-state index contributed by atoms with van der Waals surface area (Å²) < 4.78 is 52.2. The molecule has 7 heteroatoms. The average Bonchev–Trinajstić information content (AvgIpc) is 3.11. The Hall–Kier alpha value is -2.64. The maximum absolute atomic E-state index is 13.5. The molecule has 1 aromatic heterocycles. The highest BCUT2D eigenvalue weighted by molar-refractivity contribution is 7.12. The van der Waals surface area contributed by atoms with E-state index in [4.69, 9.17) is 0 Å². The van der Waals surface area contributed by atoms with Crippen molar-refractivity contribution in [1.82, 2.24) is 10.6 Å². The molecule has 0 bridgehead atoms. The summed E-state index contributed by atoms with van der Waals surface area (Å²) in [6.07, 6.45) is -3.06. The minimum atomic E-state index is -4.34. The smallest absolute Gasteiger partial charge is 0.390 e. The number of rotatable bonds is 9. The molecule has 0 saturated heterocycles. The number of aryl methyl sites for hydroxylation is 3. The summed E-state index contributed by atoms with van der Waals surface area (Å²) in [7, 11) is 1.79. The van der Waals surface area contributed by atoms with Crippen molar-refractivity contribution in [3.05, 3.63) is 105 Å². The predicted octanol–water partition coefficient (Wildman–Crippen LogP) is 7.26. The van der Waals surface area contributed by atoms with Crippen LogP contribution in [-0.2, 0) is 12.6 Å². The van der Waals surface area contributed by atoms with Crippen LogP contribution in [0.1, 0.15) is 50.5 Å². The van der Waals surface area contributed by atoms with E-state index in [0.29, 0.717) is 12.8 Å². The number of alkyl halides is 3. The van der Waals surface area contributed by atoms with Gasteiger partial charge in [0.05, 0.1) is 11.6 Å². The van der Waals surface area contributed by atoms with Crippen molar-refractivity contribution in [1.29, 1.82) is 0 Å². The standard InChI is InChI=1S/C26H28F4N2S/c1-16-15-17(2)33-25(16)23(14-7-19-5-10-21(11-6-19)26(28,29)30)32-24(18(3)31-4)20-8-12-22(27)13-9-20/h5-6,8-13,15,23-24,31-32H,3,7,14H2,1-2,4H3/t23-,24-/m1/s1. The Labute approximate surface area is 196 Å². The first-order valence-corrected chi connectivity index (χ1v) is 11.5. The molecule has 3 rings (SSSR count). The molecule has 0 fully saturated rings. The lowest BCUT2D eigenvalue weighted by molar-refractivity contribution is -0.137. The summed E-state index contributed by atoms with van der Waals surface area (Å²) in [5.74, 6) is -0.309. The van der Waals surface area contributed by atoms with E-state index in [9.17, 15) is 17.6 Å². The second-order valence-corrected chi connectivity index (χ2v) is 9.40. The Morgan fingerprint density at radius 3 is 2.18 bits per heavy atom. The molecule has 176 valence electrons. The van der Waals surface area contributed by atoms with Gasteiger partial charge in [-0.1, -0.05) is 30.8 Å². The molecule has 0 unspecified atom stereocenters. The topological polar surface area (TPSA) is 24.1 Å². The average molecular weight is 477 g/mol. The molecule has 2 atom stereocenters. The third kappa shape index (κ3) is 6.45. The SMILES string of the molecule is C=C(NC)[C@@H](N[C@H](CCc1ccc(C(F)(F)F)cc1)c1sc(C)cc1C)c1ccc(F)cc1. The van der Waals surface area contributed by atoms with E-state index in [1.807, 2.05) is 0 Å². The van der Waals surface area contributed by atoms with Crippen LogP contribution in [-0.4, -0.2) is 7.05 Å². The number of benzene rings is 2. The molecular weight excluding hydrogens is 448 g/mol. The van der Waals surface area contributed by atoms with Crippen LogP contribution in [0.3, 0.4) is 0 Å². The summed E-state index contributed by atoms with van der Waals surface area (Å²) in [4.78, 5) is 2.37. The van der Waals surface area contributed by atoms with Gasteiger partial charge in [0.25, 0.3) is 0 Å². The fourth-order valence-corrected chi connectivity index (χ4v) is 5.00. The van der Waals surface area contributed by atoms with Crippen molar-refractivity contribution in [2.45, 2.75) is 44.9 Å². The van der Waals surface area contributed by atoms with Gasteiger partial charge in [-0.25, -0.2) is 4.39 Å². The first kappa shape index (κ1) is 25.0. The van der Waals surface area contributed by atoms with Crippen molar-refractivity contribution in [3.8, 4) is 0 Å². The number of hydrogen-bond donors (Lipinski definition) is 2. The lowest BCUT2D eigenvalue weighted by atomic mass is 9.98. The van der Waals surface area contributed by atoms with E-state index in [0.717, 1.165) is 34.5 Å². The fourth-order valence-electron chi connectivity index (χ4n) is 3.87. The third-order valence-electron chi connectivity index (χ3n) is 5.64. The van der Waals surface area contributed by atoms with Crippen LogP contribution >= 0.6 is 11.3 Å². The molecule has 0 saturated carbocycles. The van der Waals surface area contributed by atoms with Gasteiger partial charge >= 0.3 is 6.18 Å². The van der Waals surface area contributed by atoms with Crippen LogP contribution in [0.2, 0.25) is 0 Å². The van der Waals surface area contributed by atoms with E-state index >= 15 is 0 Å². The Kier molecular flexibility index (Phi) is 7.97. The first-order valence-electron chi connectivity index (χ1n) is 10.7. The van der Waals surface area contributed by atoms with Crippen LogP contribution in [0.4, 0.5) is 17.6 Å². The monoisotopic (exact) mass is 476 g/mol. The molecule has 3 aromatic rings. The molecular formula is C26H28F4N2S. The van der Waals surface area contributed by atoms with Gasteiger partial charge in [0.15, 0.2) is 0 Å². The van der Waals surface area contributed by atoms with Crippen LogP contribution in [0.15, 0.2) is 66.9 Å². The van der Waals surface area contributed by atoms with Crippen molar-refractivity contribution in [3.63, 3.8) is 0 Å². The quantitative estimate of drug-likeness (QED) is 0.318. The van der Waals surface area contributed by atoms with Crippen molar-refractivity contribution >= 4 is 11.3 Å².